The SMILES string of the molecule is CN(CCN(C)c1cc(F)ccc1N)C(=O)OC(C)(C)C. The van der Waals surface area contributed by atoms with Gasteiger partial charge in [0.05, 0.1) is 11.4 Å². The fraction of sp³-hybridized carbons (Fsp3) is 0.533. The van der Waals surface area contributed by atoms with Gasteiger partial charge in [-0.05, 0) is 39.0 Å². The first-order valence-corrected chi connectivity index (χ1v) is 6.80. The number of ether oxygens (including phenoxy) is 1. The van der Waals surface area contributed by atoms with Gasteiger partial charge in [-0.25, -0.2) is 9.18 Å². The molecule has 0 aliphatic carbocycles. The second-order valence-corrected chi connectivity index (χ2v) is 6.03. The first-order chi connectivity index (χ1) is 9.60. The van der Waals surface area contributed by atoms with Crippen molar-refractivity contribution in [3.05, 3.63) is 24.0 Å². The van der Waals surface area contributed by atoms with E-state index in [2.05, 4.69) is 0 Å². The zero-order valence-corrected chi connectivity index (χ0v) is 13.3. The van der Waals surface area contributed by atoms with Crippen LogP contribution in [0.4, 0.5) is 20.6 Å². The molecule has 0 saturated carbocycles. The van der Waals surface area contributed by atoms with E-state index in [0.717, 1.165) is 0 Å². The van der Waals surface area contributed by atoms with E-state index in [1.807, 2.05) is 20.8 Å². The third-order valence-electron chi connectivity index (χ3n) is 2.88. The number of carbonyl (C=O) groups is 1. The van der Waals surface area contributed by atoms with Gasteiger partial charge in [0.2, 0.25) is 0 Å². The summed E-state index contributed by atoms with van der Waals surface area (Å²) in [5.41, 5.74) is 6.41. The number of nitrogens with two attached hydrogens (primary N) is 1. The summed E-state index contributed by atoms with van der Waals surface area (Å²) in [4.78, 5) is 15.1. The number of hydrogen-bond acceptors (Lipinski definition) is 4. The number of anilines is 2. The van der Waals surface area contributed by atoms with Gasteiger partial charge < -0.3 is 20.3 Å². The molecule has 0 aliphatic heterocycles. The Hall–Kier alpha value is -1.98. The number of amides is 1. The van der Waals surface area contributed by atoms with E-state index >= 15 is 0 Å². The van der Waals surface area contributed by atoms with Crippen molar-refractivity contribution < 1.29 is 13.9 Å². The lowest BCUT2D eigenvalue weighted by Crippen LogP contribution is -2.38. The Morgan fingerprint density at radius 1 is 1.29 bits per heavy atom. The van der Waals surface area contributed by atoms with Crippen molar-refractivity contribution in [2.75, 3.05) is 37.8 Å². The number of halogens is 1. The minimum Gasteiger partial charge on any atom is -0.444 e. The van der Waals surface area contributed by atoms with Gasteiger partial charge >= 0.3 is 6.09 Å². The van der Waals surface area contributed by atoms with Gasteiger partial charge in [0.25, 0.3) is 0 Å². The summed E-state index contributed by atoms with van der Waals surface area (Å²) in [5.74, 6) is -0.341. The highest BCUT2D eigenvalue weighted by Gasteiger charge is 2.19. The maximum atomic E-state index is 13.3. The maximum Gasteiger partial charge on any atom is 0.410 e. The van der Waals surface area contributed by atoms with E-state index in [1.54, 1.807) is 19.0 Å². The molecule has 0 unspecified atom stereocenters. The van der Waals surface area contributed by atoms with Crippen molar-refractivity contribution in [2.45, 2.75) is 26.4 Å². The Morgan fingerprint density at radius 3 is 2.48 bits per heavy atom. The minimum absolute atomic E-state index is 0.341. The zero-order chi connectivity index (χ0) is 16.2. The molecule has 0 atom stereocenters. The van der Waals surface area contributed by atoms with E-state index < -0.39 is 5.60 Å². The molecular formula is C15H24FN3O2. The summed E-state index contributed by atoms with van der Waals surface area (Å²) < 4.78 is 18.5. The Bertz CT molecular complexity index is 500. The van der Waals surface area contributed by atoms with Crippen LogP contribution in [0.2, 0.25) is 0 Å². The highest BCUT2D eigenvalue weighted by Crippen LogP contribution is 2.22. The average molecular weight is 297 g/mol. The highest BCUT2D eigenvalue weighted by molar-refractivity contribution is 5.69. The second kappa shape index (κ2) is 6.65. The van der Waals surface area contributed by atoms with Crippen molar-refractivity contribution in [3.8, 4) is 0 Å². The average Bonchev–Trinajstić information content (AvgIpc) is 2.36. The van der Waals surface area contributed by atoms with E-state index in [-0.39, 0.29) is 11.9 Å². The van der Waals surface area contributed by atoms with Crippen molar-refractivity contribution in [1.29, 1.82) is 0 Å². The predicted molar refractivity (Wildman–Crippen MR) is 82.9 cm³/mol. The van der Waals surface area contributed by atoms with Crippen LogP contribution in [0.15, 0.2) is 18.2 Å². The van der Waals surface area contributed by atoms with Crippen LogP contribution in [0.1, 0.15) is 20.8 Å². The van der Waals surface area contributed by atoms with Crippen molar-refractivity contribution in [1.82, 2.24) is 4.90 Å². The monoisotopic (exact) mass is 297 g/mol. The highest BCUT2D eigenvalue weighted by atomic mass is 19.1. The summed E-state index contributed by atoms with van der Waals surface area (Å²) in [6.07, 6.45) is -0.386. The van der Waals surface area contributed by atoms with Gasteiger partial charge in [-0.2, -0.15) is 0 Å². The lowest BCUT2D eigenvalue weighted by molar-refractivity contribution is 0.0303. The molecule has 5 nitrogen and oxygen atoms in total. The summed E-state index contributed by atoms with van der Waals surface area (Å²) in [6, 6.07) is 4.22. The lowest BCUT2D eigenvalue weighted by atomic mass is 10.2. The normalized spacial score (nSPS) is 11.1. The molecule has 0 fully saturated rings. The molecule has 0 spiro atoms. The van der Waals surface area contributed by atoms with Crippen molar-refractivity contribution in [3.63, 3.8) is 0 Å². The van der Waals surface area contributed by atoms with Crippen molar-refractivity contribution >= 4 is 17.5 Å². The van der Waals surface area contributed by atoms with E-state index in [1.165, 1.54) is 23.1 Å². The fourth-order valence-corrected chi connectivity index (χ4v) is 1.70. The molecule has 0 radical (unpaired) electrons. The molecule has 0 aromatic heterocycles. The third-order valence-corrected chi connectivity index (χ3v) is 2.88. The van der Waals surface area contributed by atoms with Crippen molar-refractivity contribution in [2.24, 2.45) is 0 Å². The quantitative estimate of drug-likeness (QED) is 0.868. The van der Waals surface area contributed by atoms with Crippen LogP contribution in [0.5, 0.6) is 0 Å². The molecule has 6 heteroatoms. The number of rotatable bonds is 4. The van der Waals surface area contributed by atoms with E-state index in [0.29, 0.717) is 24.5 Å². The number of carbonyl (C=O) groups excluding carboxylic acids is 1. The molecule has 1 aromatic rings. The number of likely N-dealkylation sites (N-methyl/N-ethyl adjacent to an activating group) is 2. The first kappa shape index (κ1) is 17.1. The van der Waals surface area contributed by atoms with Crippen LogP contribution < -0.4 is 10.6 Å². The predicted octanol–water partition coefficient (Wildman–Crippen LogP) is 2.71. The van der Waals surface area contributed by atoms with Crippen LogP contribution in [-0.2, 0) is 4.74 Å². The summed E-state index contributed by atoms with van der Waals surface area (Å²) >= 11 is 0. The van der Waals surface area contributed by atoms with Gasteiger partial charge in [-0.15, -0.1) is 0 Å². The Labute approximate surface area is 125 Å². The molecule has 21 heavy (non-hydrogen) atoms. The van der Waals surface area contributed by atoms with Crippen LogP contribution in [0.25, 0.3) is 0 Å². The van der Waals surface area contributed by atoms with E-state index in [9.17, 15) is 9.18 Å². The smallest absolute Gasteiger partial charge is 0.410 e. The molecule has 0 heterocycles. The van der Waals surface area contributed by atoms with Crippen LogP contribution in [-0.4, -0.2) is 43.8 Å². The van der Waals surface area contributed by atoms with Gasteiger partial charge in [-0.1, -0.05) is 0 Å². The summed E-state index contributed by atoms with van der Waals surface area (Å²) in [7, 11) is 3.46. The Balaban J connectivity index is 2.58. The van der Waals surface area contributed by atoms with Gasteiger partial charge in [0, 0.05) is 27.2 Å². The number of hydrogen-bond donors (Lipinski definition) is 1. The molecule has 1 rings (SSSR count). The van der Waals surface area contributed by atoms with Crippen LogP contribution >= 0.6 is 0 Å². The molecule has 118 valence electrons. The molecule has 0 saturated heterocycles. The van der Waals surface area contributed by atoms with Gasteiger partial charge in [-0.3, -0.25) is 0 Å². The number of nitrogens with zero attached hydrogens (tertiary/aromatic N) is 2. The maximum absolute atomic E-state index is 13.3. The lowest BCUT2D eigenvalue weighted by Gasteiger charge is -2.27. The molecule has 1 aromatic carbocycles. The van der Waals surface area contributed by atoms with E-state index in [4.69, 9.17) is 10.5 Å². The summed E-state index contributed by atoms with van der Waals surface area (Å²) in [5, 5.41) is 0. The Kier molecular flexibility index (Phi) is 5.41. The Morgan fingerprint density at radius 2 is 1.90 bits per heavy atom. The summed E-state index contributed by atoms with van der Waals surface area (Å²) in [6.45, 7) is 6.42. The standard InChI is InChI=1S/C15H24FN3O2/c1-15(2,3)21-14(20)19(5)9-8-18(4)13-10-11(16)6-7-12(13)17/h6-7,10H,8-9,17H2,1-5H3. The third kappa shape index (κ3) is 5.49. The molecule has 1 amide bonds. The number of nitrogen functional groups attached to an aromatic ring is 1. The largest absolute Gasteiger partial charge is 0.444 e. The number of benzene rings is 1. The minimum atomic E-state index is -0.524. The molecular weight excluding hydrogens is 273 g/mol. The topological polar surface area (TPSA) is 58.8 Å². The van der Waals surface area contributed by atoms with Crippen LogP contribution in [0.3, 0.4) is 0 Å². The zero-order valence-electron chi connectivity index (χ0n) is 13.3. The van der Waals surface area contributed by atoms with Gasteiger partial charge in [0.1, 0.15) is 11.4 Å². The molecule has 0 bridgehead atoms. The molecule has 0 aliphatic rings. The second-order valence-electron chi connectivity index (χ2n) is 6.03. The molecule has 2 N–H and O–H groups in total. The van der Waals surface area contributed by atoms with Crippen LogP contribution in [0, 0.1) is 5.82 Å². The van der Waals surface area contributed by atoms with Gasteiger partial charge in [0.15, 0.2) is 0 Å². The fourth-order valence-electron chi connectivity index (χ4n) is 1.70. The first-order valence-electron chi connectivity index (χ1n) is 6.80.